The number of hydrogen-bond donors (Lipinski definition) is 0. The molecule has 0 fully saturated rings. The summed E-state index contributed by atoms with van der Waals surface area (Å²) in [6.07, 6.45) is -4.07. The normalized spacial score (nSPS) is 10.9. The van der Waals surface area contributed by atoms with E-state index in [1.165, 1.54) is 6.07 Å². The zero-order valence-corrected chi connectivity index (χ0v) is 8.28. The minimum absolute atomic E-state index is 0.122. The number of alkyl halides is 3. The van der Waals surface area contributed by atoms with Crippen LogP contribution in [0.4, 0.5) is 13.2 Å². The van der Waals surface area contributed by atoms with Gasteiger partial charge in [0.25, 0.3) is 0 Å². The van der Waals surface area contributed by atoms with Crippen LogP contribution in [0.15, 0.2) is 6.20 Å². The van der Waals surface area contributed by atoms with E-state index < -0.39 is 17.8 Å². The molecule has 3 nitrogen and oxygen atoms in total. The minimum atomic E-state index is -4.93. The lowest BCUT2D eigenvalue weighted by Gasteiger charge is -2.09. The third kappa shape index (κ3) is 2.88. The Morgan fingerprint density at radius 1 is 1.40 bits per heavy atom. The van der Waals surface area contributed by atoms with Gasteiger partial charge in [-0.15, -0.1) is 13.2 Å². The Morgan fingerprint density at radius 3 is 2.47 bits per heavy atom. The van der Waals surface area contributed by atoms with Crippen LogP contribution in [0, 0.1) is 11.3 Å². The average Bonchev–Trinajstić information content (AvgIpc) is 2.10. The van der Waals surface area contributed by atoms with Gasteiger partial charge in [-0.3, -0.25) is 0 Å². The molecule has 0 aliphatic heterocycles. The minimum Gasteiger partial charge on any atom is -0.386 e. The van der Waals surface area contributed by atoms with Gasteiger partial charge in [0, 0.05) is 0 Å². The highest BCUT2D eigenvalue weighted by Gasteiger charge is 2.33. The summed E-state index contributed by atoms with van der Waals surface area (Å²) in [7, 11) is 0. The van der Waals surface area contributed by atoms with E-state index in [1.54, 1.807) is 0 Å². The molecule has 0 aromatic carbocycles. The summed E-state index contributed by atoms with van der Waals surface area (Å²) in [5.41, 5.74) is -0.554. The molecule has 0 aliphatic carbocycles. The van der Waals surface area contributed by atoms with Gasteiger partial charge in [-0.05, 0) is 0 Å². The maximum absolute atomic E-state index is 11.8. The predicted octanol–water partition coefficient (Wildman–Crippen LogP) is 3.16. The van der Waals surface area contributed by atoms with Crippen LogP contribution < -0.4 is 4.74 Å². The van der Waals surface area contributed by atoms with Gasteiger partial charge in [0.15, 0.2) is 0 Å². The van der Waals surface area contributed by atoms with E-state index in [0.29, 0.717) is 0 Å². The molecule has 0 N–H and O–H groups in total. The molecule has 15 heavy (non-hydrogen) atoms. The first-order chi connectivity index (χ1) is 6.85. The van der Waals surface area contributed by atoms with Gasteiger partial charge >= 0.3 is 6.36 Å². The number of rotatable bonds is 1. The molecule has 0 spiro atoms. The standard InChI is InChI=1S/C7HCl2F3N2O/c8-4-2-14-6(15-7(10,11)12)3(1-13)5(4)9/h2H. The van der Waals surface area contributed by atoms with Gasteiger partial charge < -0.3 is 4.74 Å². The first kappa shape index (κ1) is 11.9. The first-order valence-electron chi connectivity index (χ1n) is 3.35. The van der Waals surface area contributed by atoms with Gasteiger partial charge in [-0.1, -0.05) is 23.2 Å². The molecular weight excluding hydrogens is 256 g/mol. The fraction of sp³-hybridized carbons (Fsp3) is 0.143. The molecule has 1 aromatic rings. The van der Waals surface area contributed by atoms with Crippen molar-refractivity contribution in [3.63, 3.8) is 0 Å². The first-order valence-corrected chi connectivity index (χ1v) is 4.10. The average molecular weight is 257 g/mol. The fourth-order valence-electron chi connectivity index (χ4n) is 0.734. The Labute approximate surface area is 92.0 Å². The highest BCUT2D eigenvalue weighted by molar-refractivity contribution is 6.42. The zero-order valence-electron chi connectivity index (χ0n) is 6.77. The van der Waals surface area contributed by atoms with E-state index in [4.69, 9.17) is 28.5 Å². The molecule has 0 amide bonds. The summed E-state index contributed by atoms with van der Waals surface area (Å²) < 4.78 is 39.0. The molecule has 0 saturated heterocycles. The summed E-state index contributed by atoms with van der Waals surface area (Å²) in [6.45, 7) is 0. The maximum atomic E-state index is 11.8. The van der Waals surface area contributed by atoms with Crippen molar-refractivity contribution in [3.05, 3.63) is 21.8 Å². The van der Waals surface area contributed by atoms with Crippen LogP contribution >= 0.6 is 23.2 Å². The van der Waals surface area contributed by atoms with Crippen molar-refractivity contribution >= 4 is 23.2 Å². The topological polar surface area (TPSA) is 45.9 Å². The SMILES string of the molecule is N#Cc1c(OC(F)(F)F)ncc(Cl)c1Cl. The number of nitrogens with zero attached hydrogens (tertiary/aromatic N) is 2. The van der Waals surface area contributed by atoms with Gasteiger partial charge in [-0.25, -0.2) is 4.98 Å². The van der Waals surface area contributed by atoms with Gasteiger partial charge in [0.1, 0.15) is 11.6 Å². The van der Waals surface area contributed by atoms with Crippen LogP contribution in [-0.4, -0.2) is 11.3 Å². The number of pyridine rings is 1. The lowest BCUT2D eigenvalue weighted by Crippen LogP contribution is -2.18. The number of hydrogen-bond acceptors (Lipinski definition) is 3. The van der Waals surface area contributed by atoms with E-state index >= 15 is 0 Å². The second-order valence-corrected chi connectivity index (χ2v) is 3.05. The smallest absolute Gasteiger partial charge is 0.386 e. The third-order valence-corrected chi connectivity index (χ3v) is 2.04. The Morgan fingerprint density at radius 2 is 2.00 bits per heavy atom. The monoisotopic (exact) mass is 256 g/mol. The maximum Gasteiger partial charge on any atom is 0.574 e. The number of halogens is 5. The summed E-state index contributed by atoms with van der Waals surface area (Å²) >= 11 is 10.9. The third-order valence-electron chi connectivity index (χ3n) is 1.26. The van der Waals surface area contributed by atoms with Crippen molar-refractivity contribution in [1.82, 2.24) is 4.98 Å². The summed E-state index contributed by atoms with van der Waals surface area (Å²) in [6, 6.07) is 1.42. The van der Waals surface area contributed by atoms with Crippen LogP contribution in [0.1, 0.15) is 5.56 Å². The van der Waals surface area contributed by atoms with Crippen molar-refractivity contribution in [2.24, 2.45) is 0 Å². The number of ether oxygens (including phenoxy) is 1. The Bertz CT molecular complexity index is 427. The molecule has 1 aromatic heterocycles. The molecule has 1 rings (SSSR count). The van der Waals surface area contributed by atoms with E-state index in [-0.39, 0.29) is 10.0 Å². The largest absolute Gasteiger partial charge is 0.574 e. The van der Waals surface area contributed by atoms with Crippen molar-refractivity contribution in [1.29, 1.82) is 5.26 Å². The second-order valence-electron chi connectivity index (χ2n) is 2.26. The van der Waals surface area contributed by atoms with Crippen molar-refractivity contribution in [2.75, 3.05) is 0 Å². The van der Waals surface area contributed by atoms with Crippen molar-refractivity contribution < 1.29 is 17.9 Å². The predicted molar refractivity (Wildman–Crippen MR) is 45.7 cm³/mol. The molecule has 0 bridgehead atoms. The molecule has 0 unspecified atom stereocenters. The summed E-state index contributed by atoms with van der Waals surface area (Å²) in [5.74, 6) is -0.917. The number of nitriles is 1. The molecule has 0 radical (unpaired) electrons. The van der Waals surface area contributed by atoms with Crippen LogP contribution in [0.2, 0.25) is 10.0 Å². The lowest BCUT2D eigenvalue weighted by molar-refractivity contribution is -0.276. The molecule has 0 aliphatic rings. The van der Waals surface area contributed by atoms with E-state index in [0.717, 1.165) is 6.20 Å². The van der Waals surface area contributed by atoms with Crippen molar-refractivity contribution in [3.8, 4) is 11.9 Å². The van der Waals surface area contributed by atoms with Crippen LogP contribution in [0.25, 0.3) is 0 Å². The van der Waals surface area contributed by atoms with Crippen LogP contribution in [0.3, 0.4) is 0 Å². The van der Waals surface area contributed by atoms with E-state index in [9.17, 15) is 13.2 Å². The highest BCUT2D eigenvalue weighted by atomic mass is 35.5. The molecular formula is C7HCl2F3N2O. The summed E-state index contributed by atoms with van der Waals surface area (Å²) in [5, 5.41) is 8.09. The van der Waals surface area contributed by atoms with Gasteiger partial charge in [0.05, 0.1) is 16.2 Å². The van der Waals surface area contributed by atoms with Crippen molar-refractivity contribution in [2.45, 2.75) is 6.36 Å². The van der Waals surface area contributed by atoms with E-state index in [2.05, 4.69) is 9.72 Å². The summed E-state index contributed by atoms with van der Waals surface area (Å²) in [4.78, 5) is 3.21. The molecule has 0 atom stereocenters. The Kier molecular flexibility index (Phi) is 3.27. The fourth-order valence-corrected chi connectivity index (χ4v) is 1.05. The Balaban J connectivity index is 3.21. The number of aromatic nitrogens is 1. The van der Waals surface area contributed by atoms with Gasteiger partial charge in [0.2, 0.25) is 5.88 Å². The lowest BCUT2D eigenvalue weighted by atomic mass is 10.3. The highest BCUT2D eigenvalue weighted by Crippen LogP contribution is 2.32. The van der Waals surface area contributed by atoms with E-state index in [1.807, 2.05) is 0 Å². The second kappa shape index (κ2) is 4.13. The van der Waals surface area contributed by atoms with Crippen LogP contribution in [-0.2, 0) is 0 Å². The van der Waals surface area contributed by atoms with Gasteiger partial charge in [-0.2, -0.15) is 5.26 Å². The molecule has 1 heterocycles. The molecule has 8 heteroatoms. The zero-order chi connectivity index (χ0) is 11.6. The Hall–Kier alpha value is -1.19. The molecule has 80 valence electrons. The quantitative estimate of drug-likeness (QED) is 0.776. The molecule has 0 saturated carbocycles. The van der Waals surface area contributed by atoms with Crippen LogP contribution in [0.5, 0.6) is 5.88 Å².